The summed E-state index contributed by atoms with van der Waals surface area (Å²) in [5.41, 5.74) is 6.04. The fourth-order valence-electron chi connectivity index (χ4n) is 4.93. The van der Waals surface area contributed by atoms with E-state index in [2.05, 4.69) is 9.56 Å². The van der Waals surface area contributed by atoms with Crippen molar-refractivity contribution in [3.8, 4) is 5.69 Å². The van der Waals surface area contributed by atoms with Gasteiger partial charge in [-0.05, 0) is 63.3 Å². The number of aryl methyl sites for hydroxylation is 1. The van der Waals surface area contributed by atoms with E-state index in [0.29, 0.717) is 29.0 Å². The van der Waals surface area contributed by atoms with E-state index in [-0.39, 0.29) is 17.5 Å². The van der Waals surface area contributed by atoms with Crippen LogP contribution in [0.5, 0.6) is 0 Å². The van der Waals surface area contributed by atoms with Crippen LogP contribution in [0.1, 0.15) is 54.9 Å². The Bertz CT molecular complexity index is 1470. The van der Waals surface area contributed by atoms with Crippen LogP contribution in [0.25, 0.3) is 5.69 Å². The first-order valence-electron chi connectivity index (χ1n) is 12.0. The minimum atomic E-state index is -0.533. The second-order valence-corrected chi connectivity index (χ2v) is 8.96. The van der Waals surface area contributed by atoms with E-state index < -0.39 is 11.8 Å². The zero-order valence-electron chi connectivity index (χ0n) is 20.4. The Hall–Kier alpha value is -4.32. The number of nitrogens with zero attached hydrogens (tertiary/aromatic N) is 2. The first kappa shape index (κ1) is 23.4. The molecule has 1 aromatic heterocycles. The van der Waals surface area contributed by atoms with Gasteiger partial charge in [-0.25, -0.2) is 4.79 Å². The molecular formula is C30H26N2O4. The summed E-state index contributed by atoms with van der Waals surface area (Å²) in [6.07, 6.45) is 7.18. The Balaban J connectivity index is 1.39. The third kappa shape index (κ3) is 4.05. The zero-order valence-corrected chi connectivity index (χ0v) is 20.4. The topological polar surface area (TPSA) is 77.7 Å². The highest BCUT2D eigenvalue weighted by molar-refractivity contribution is 6.17. The largest absolute Gasteiger partial charge is 0.462 e. The number of fused-ring (bicyclic) bond motifs is 2. The maximum Gasteiger partial charge on any atom is 0.338 e. The van der Waals surface area contributed by atoms with Crippen LogP contribution in [-0.4, -0.2) is 34.9 Å². The van der Waals surface area contributed by atoms with Crippen LogP contribution in [0.15, 0.2) is 83.5 Å². The number of hydrogen-bond acceptors (Lipinski definition) is 5. The van der Waals surface area contributed by atoms with Gasteiger partial charge < -0.3 is 9.30 Å². The van der Waals surface area contributed by atoms with Crippen molar-refractivity contribution in [3.63, 3.8) is 0 Å². The average molecular weight is 479 g/mol. The molecule has 1 heterocycles. The van der Waals surface area contributed by atoms with Crippen LogP contribution in [0, 0.1) is 25.7 Å². The Kier molecular flexibility index (Phi) is 6.10. The van der Waals surface area contributed by atoms with Crippen LogP contribution >= 0.6 is 0 Å². The molecule has 2 atom stereocenters. The molecule has 0 bridgehead atoms. The number of allylic oxidation sites excluding steroid dienone is 3. The van der Waals surface area contributed by atoms with E-state index in [1.807, 2.05) is 38.1 Å². The maximum atomic E-state index is 13.1. The van der Waals surface area contributed by atoms with Gasteiger partial charge in [-0.1, -0.05) is 30.3 Å². The van der Waals surface area contributed by atoms with Gasteiger partial charge >= 0.3 is 5.97 Å². The van der Waals surface area contributed by atoms with Crippen LogP contribution in [0.4, 0.5) is 0 Å². The number of esters is 1. The highest BCUT2D eigenvalue weighted by atomic mass is 16.5. The second-order valence-electron chi connectivity index (χ2n) is 8.96. The van der Waals surface area contributed by atoms with E-state index >= 15 is 0 Å². The third-order valence-electron chi connectivity index (χ3n) is 6.73. The zero-order chi connectivity index (χ0) is 25.4. The lowest BCUT2D eigenvalue weighted by Crippen LogP contribution is -2.35. The van der Waals surface area contributed by atoms with Crippen molar-refractivity contribution < 1.29 is 19.1 Å². The number of aromatic nitrogens is 1. The number of ketones is 2. The predicted molar refractivity (Wildman–Crippen MR) is 138 cm³/mol. The molecule has 0 amide bonds. The van der Waals surface area contributed by atoms with E-state index in [0.717, 1.165) is 22.6 Å². The Morgan fingerprint density at radius 3 is 2.33 bits per heavy atom. The van der Waals surface area contributed by atoms with Gasteiger partial charge in [0.05, 0.1) is 29.7 Å². The lowest BCUT2D eigenvalue weighted by molar-refractivity contribution is 0.0526. The average Bonchev–Trinajstić information content (AvgIpc) is 3.18. The van der Waals surface area contributed by atoms with Crippen molar-refractivity contribution in [2.75, 3.05) is 6.61 Å². The summed E-state index contributed by atoms with van der Waals surface area (Å²) >= 11 is 0. The molecule has 0 radical (unpaired) electrons. The number of aliphatic imine (C=N–C) groups is 1. The number of ether oxygens (including phenoxy) is 1. The molecule has 36 heavy (non-hydrogen) atoms. The molecule has 0 spiro atoms. The van der Waals surface area contributed by atoms with Gasteiger partial charge in [0.2, 0.25) is 0 Å². The molecule has 2 aliphatic carbocycles. The fourth-order valence-corrected chi connectivity index (χ4v) is 4.93. The van der Waals surface area contributed by atoms with Gasteiger partial charge in [-0.2, -0.15) is 0 Å². The van der Waals surface area contributed by atoms with Crippen molar-refractivity contribution in [3.05, 3.63) is 112 Å². The van der Waals surface area contributed by atoms with Gasteiger partial charge in [-0.15, -0.1) is 0 Å². The SMILES string of the molecule is CCOC(=O)c1ccc(-n2c(C)cc(C=NC3=C[C@@H]4C(=O)c5ccccc5C(=O)[C@H]4C=C3)c2C)cc1. The summed E-state index contributed by atoms with van der Waals surface area (Å²) in [5, 5.41) is 0. The molecule has 6 heteroatoms. The van der Waals surface area contributed by atoms with Crippen molar-refractivity contribution in [2.24, 2.45) is 16.8 Å². The molecule has 2 aliphatic rings. The third-order valence-corrected chi connectivity index (χ3v) is 6.73. The van der Waals surface area contributed by atoms with Crippen LogP contribution in [0.3, 0.4) is 0 Å². The number of carbonyl (C=O) groups is 3. The van der Waals surface area contributed by atoms with Gasteiger partial charge in [0.1, 0.15) is 0 Å². The van der Waals surface area contributed by atoms with Gasteiger partial charge in [0, 0.05) is 40.0 Å². The first-order chi connectivity index (χ1) is 17.4. The van der Waals surface area contributed by atoms with Crippen LogP contribution in [0.2, 0.25) is 0 Å². The number of carbonyl (C=O) groups excluding carboxylic acids is 3. The van der Waals surface area contributed by atoms with E-state index in [9.17, 15) is 14.4 Å². The molecule has 5 rings (SSSR count). The molecule has 180 valence electrons. The van der Waals surface area contributed by atoms with Crippen molar-refractivity contribution in [1.29, 1.82) is 0 Å². The molecule has 0 N–H and O–H groups in total. The van der Waals surface area contributed by atoms with Crippen molar-refractivity contribution >= 4 is 23.8 Å². The standard InChI is InChI=1S/C30H26N2O4/c1-4-36-30(35)20-9-12-23(13-10-20)32-18(2)15-21(19(32)3)17-31-22-11-14-26-27(16-22)29(34)25-8-6-5-7-24(25)28(26)33/h5-17,26-27H,4H2,1-3H3/t26-,27-/m0/s1. The quantitative estimate of drug-likeness (QED) is 0.361. The Morgan fingerprint density at radius 2 is 1.67 bits per heavy atom. The normalized spacial score (nSPS) is 18.7. The number of hydrogen-bond donors (Lipinski definition) is 0. The second kappa shape index (κ2) is 9.38. The summed E-state index contributed by atoms with van der Waals surface area (Å²) in [6.45, 7) is 6.14. The van der Waals surface area contributed by atoms with Crippen LogP contribution in [-0.2, 0) is 4.74 Å². The summed E-state index contributed by atoms with van der Waals surface area (Å²) in [7, 11) is 0. The van der Waals surface area contributed by atoms with Crippen LogP contribution < -0.4 is 0 Å². The Morgan fingerprint density at radius 1 is 1.00 bits per heavy atom. The van der Waals surface area contributed by atoms with E-state index in [1.54, 1.807) is 61.7 Å². The summed E-state index contributed by atoms with van der Waals surface area (Å²) in [6, 6.07) is 16.3. The lowest BCUT2D eigenvalue weighted by atomic mass is 9.72. The first-order valence-corrected chi connectivity index (χ1v) is 12.0. The smallest absolute Gasteiger partial charge is 0.338 e. The fraction of sp³-hybridized carbons (Fsp3) is 0.200. The lowest BCUT2D eigenvalue weighted by Gasteiger charge is -2.28. The molecule has 0 saturated heterocycles. The Labute approximate surface area is 209 Å². The molecule has 0 fully saturated rings. The molecule has 0 saturated carbocycles. The maximum absolute atomic E-state index is 13.1. The number of benzene rings is 2. The number of rotatable bonds is 5. The van der Waals surface area contributed by atoms with Gasteiger partial charge in [0.25, 0.3) is 0 Å². The highest BCUT2D eigenvalue weighted by Gasteiger charge is 2.40. The molecular weight excluding hydrogens is 452 g/mol. The molecule has 3 aromatic rings. The summed E-state index contributed by atoms with van der Waals surface area (Å²) in [5.74, 6) is -1.42. The van der Waals surface area contributed by atoms with Crippen molar-refractivity contribution in [1.82, 2.24) is 4.57 Å². The predicted octanol–water partition coefficient (Wildman–Crippen LogP) is 5.46. The molecule has 2 aromatic carbocycles. The van der Waals surface area contributed by atoms with Crippen molar-refractivity contribution in [2.45, 2.75) is 20.8 Å². The monoisotopic (exact) mass is 478 g/mol. The highest BCUT2D eigenvalue weighted by Crippen LogP contribution is 2.35. The minimum Gasteiger partial charge on any atom is -0.462 e. The number of Topliss-reactive ketones (excluding diaryl/α,β-unsaturated/α-hetero) is 2. The molecule has 0 unspecified atom stereocenters. The summed E-state index contributed by atoms with van der Waals surface area (Å²) in [4.78, 5) is 42.6. The molecule has 6 nitrogen and oxygen atoms in total. The van der Waals surface area contributed by atoms with Gasteiger partial charge in [-0.3, -0.25) is 14.6 Å². The van der Waals surface area contributed by atoms with Gasteiger partial charge in [0.15, 0.2) is 11.6 Å². The van der Waals surface area contributed by atoms with E-state index in [1.165, 1.54) is 0 Å². The molecule has 0 aliphatic heterocycles. The minimum absolute atomic E-state index is 0.0248. The summed E-state index contributed by atoms with van der Waals surface area (Å²) < 4.78 is 7.16. The van der Waals surface area contributed by atoms with E-state index in [4.69, 9.17) is 4.74 Å².